The van der Waals surface area contributed by atoms with Gasteiger partial charge in [0.15, 0.2) is 0 Å². The first-order chi connectivity index (χ1) is 16.5. The highest BCUT2D eigenvalue weighted by Crippen LogP contribution is 2.26. The zero-order valence-electron chi connectivity index (χ0n) is 19.7. The van der Waals surface area contributed by atoms with Gasteiger partial charge in [-0.1, -0.05) is 35.0 Å². The van der Waals surface area contributed by atoms with E-state index in [2.05, 4.69) is 33.8 Å². The summed E-state index contributed by atoms with van der Waals surface area (Å²) in [7, 11) is 1.60. The van der Waals surface area contributed by atoms with Crippen molar-refractivity contribution in [3.8, 4) is 17.1 Å². The van der Waals surface area contributed by atoms with E-state index >= 15 is 0 Å². The first-order valence-electron chi connectivity index (χ1n) is 11.5. The molecule has 0 spiro atoms. The third-order valence-electron chi connectivity index (χ3n) is 6.49. The van der Waals surface area contributed by atoms with E-state index in [-0.39, 0.29) is 11.7 Å². The summed E-state index contributed by atoms with van der Waals surface area (Å²) in [4.78, 5) is 21.5. The zero-order valence-corrected chi connectivity index (χ0v) is 19.7. The van der Waals surface area contributed by atoms with Crippen LogP contribution in [0.4, 0.5) is 0 Å². The second-order valence-corrected chi connectivity index (χ2v) is 8.76. The van der Waals surface area contributed by atoms with Crippen molar-refractivity contribution < 1.29 is 13.7 Å². The minimum atomic E-state index is -0.344. The largest absolute Gasteiger partial charge is 0.497 e. The van der Waals surface area contributed by atoms with E-state index in [1.165, 1.54) is 5.56 Å². The Hall–Kier alpha value is -3.49. The maximum atomic E-state index is 12.1. The molecule has 4 aromatic rings. The molecule has 0 aliphatic carbocycles. The first kappa shape index (κ1) is 22.3. The Labute approximate surface area is 197 Å². The minimum Gasteiger partial charge on any atom is -0.497 e. The van der Waals surface area contributed by atoms with Gasteiger partial charge in [-0.2, -0.15) is 4.98 Å². The summed E-state index contributed by atoms with van der Waals surface area (Å²) in [6, 6.07) is 15.3. The fraction of sp³-hybridized carbons (Fsp3) is 0.346. The van der Waals surface area contributed by atoms with Gasteiger partial charge in [0.25, 0.3) is 0 Å². The van der Waals surface area contributed by atoms with Crippen molar-refractivity contribution in [1.82, 2.24) is 19.9 Å². The van der Waals surface area contributed by atoms with Gasteiger partial charge in [-0.3, -0.25) is 9.80 Å². The van der Waals surface area contributed by atoms with Crippen LogP contribution in [0.5, 0.6) is 5.75 Å². The summed E-state index contributed by atoms with van der Waals surface area (Å²) >= 11 is 0. The van der Waals surface area contributed by atoms with Crippen LogP contribution in [0.3, 0.4) is 0 Å². The topological polar surface area (TPSA) is 84.8 Å². The first-order valence-corrected chi connectivity index (χ1v) is 11.5. The minimum absolute atomic E-state index is 0.0333. The van der Waals surface area contributed by atoms with Crippen LogP contribution in [0, 0.1) is 6.92 Å². The standard InChI is InChI=1S/C26H28N4O4/c1-17-4-6-19(7-5-17)25-27-26(34-28-25)18(2)30-12-10-29(11-13-30)16-20-14-24(31)33-23-15-21(32-3)8-9-22(20)23/h4-9,14-15,18H,10-13,16H2,1-3H3. The van der Waals surface area contributed by atoms with Crippen molar-refractivity contribution >= 4 is 11.0 Å². The van der Waals surface area contributed by atoms with Crippen LogP contribution in [-0.4, -0.2) is 53.2 Å². The fourth-order valence-corrected chi connectivity index (χ4v) is 4.40. The van der Waals surface area contributed by atoms with Crippen molar-refractivity contribution in [2.45, 2.75) is 26.4 Å². The average Bonchev–Trinajstić information content (AvgIpc) is 3.34. The molecule has 1 saturated heterocycles. The van der Waals surface area contributed by atoms with Crippen molar-refractivity contribution in [2.24, 2.45) is 0 Å². The SMILES string of the molecule is COc1ccc2c(CN3CCN(C(C)c4nc(-c5ccc(C)cc5)no4)CC3)cc(=O)oc2c1. The molecule has 0 bridgehead atoms. The summed E-state index contributed by atoms with van der Waals surface area (Å²) in [5.74, 6) is 1.92. The molecule has 8 nitrogen and oxygen atoms in total. The van der Waals surface area contributed by atoms with E-state index in [4.69, 9.17) is 13.7 Å². The lowest BCUT2D eigenvalue weighted by Crippen LogP contribution is -2.46. The lowest BCUT2D eigenvalue weighted by atomic mass is 10.1. The molecule has 0 amide bonds. The molecule has 8 heteroatoms. The molecule has 176 valence electrons. The average molecular weight is 461 g/mol. The molecule has 34 heavy (non-hydrogen) atoms. The third-order valence-corrected chi connectivity index (χ3v) is 6.49. The molecule has 1 aliphatic heterocycles. The van der Waals surface area contributed by atoms with E-state index in [0.717, 1.165) is 42.7 Å². The molecule has 2 aromatic heterocycles. The Morgan fingerprint density at radius 1 is 1.06 bits per heavy atom. The van der Waals surface area contributed by atoms with Crippen LogP contribution >= 0.6 is 0 Å². The lowest BCUT2D eigenvalue weighted by Gasteiger charge is -2.36. The summed E-state index contributed by atoms with van der Waals surface area (Å²) in [6.07, 6.45) is 0. The van der Waals surface area contributed by atoms with Crippen molar-refractivity contribution in [1.29, 1.82) is 0 Å². The quantitative estimate of drug-likeness (QED) is 0.399. The number of benzene rings is 2. The number of aryl methyl sites for hydroxylation is 1. The number of methoxy groups -OCH3 is 1. The predicted molar refractivity (Wildman–Crippen MR) is 129 cm³/mol. The van der Waals surface area contributed by atoms with E-state index in [0.29, 0.717) is 29.6 Å². The predicted octanol–water partition coefficient (Wildman–Crippen LogP) is 4.04. The molecule has 2 aromatic carbocycles. The van der Waals surface area contributed by atoms with Crippen molar-refractivity contribution in [3.05, 3.63) is 76.0 Å². The van der Waals surface area contributed by atoms with Gasteiger partial charge in [-0.15, -0.1) is 0 Å². The number of hydrogen-bond acceptors (Lipinski definition) is 8. The highest BCUT2D eigenvalue weighted by molar-refractivity contribution is 5.81. The van der Waals surface area contributed by atoms with E-state index in [9.17, 15) is 4.79 Å². The number of nitrogens with zero attached hydrogens (tertiary/aromatic N) is 4. The fourth-order valence-electron chi connectivity index (χ4n) is 4.40. The lowest BCUT2D eigenvalue weighted by molar-refractivity contribution is 0.0847. The van der Waals surface area contributed by atoms with Gasteiger partial charge in [0, 0.05) is 55.8 Å². The smallest absolute Gasteiger partial charge is 0.336 e. The second kappa shape index (κ2) is 9.40. The molecule has 0 saturated carbocycles. The van der Waals surface area contributed by atoms with Crippen LogP contribution in [0.2, 0.25) is 0 Å². The molecule has 5 rings (SSSR count). The molecule has 0 N–H and O–H groups in total. The number of aromatic nitrogens is 2. The van der Waals surface area contributed by atoms with Crippen molar-refractivity contribution in [3.63, 3.8) is 0 Å². The summed E-state index contributed by atoms with van der Waals surface area (Å²) < 4.78 is 16.2. The molecular weight excluding hydrogens is 432 g/mol. The number of hydrogen-bond donors (Lipinski definition) is 0. The summed E-state index contributed by atoms with van der Waals surface area (Å²) in [6.45, 7) is 8.34. The van der Waals surface area contributed by atoms with Crippen molar-refractivity contribution in [2.75, 3.05) is 33.3 Å². The Balaban J connectivity index is 1.24. The Morgan fingerprint density at radius 3 is 2.56 bits per heavy atom. The van der Waals surface area contributed by atoms with Crippen LogP contribution in [0.25, 0.3) is 22.4 Å². The van der Waals surface area contributed by atoms with E-state index < -0.39 is 0 Å². The number of piperazine rings is 1. The number of rotatable bonds is 6. The number of fused-ring (bicyclic) bond motifs is 1. The highest BCUT2D eigenvalue weighted by Gasteiger charge is 2.26. The molecule has 3 heterocycles. The normalized spacial score (nSPS) is 16.1. The van der Waals surface area contributed by atoms with Crippen LogP contribution in [-0.2, 0) is 6.54 Å². The molecule has 0 radical (unpaired) electrons. The van der Waals surface area contributed by atoms with Gasteiger partial charge in [0.2, 0.25) is 11.7 Å². The Kier molecular flexibility index (Phi) is 6.17. The van der Waals surface area contributed by atoms with E-state index in [1.54, 1.807) is 19.2 Å². The maximum absolute atomic E-state index is 12.1. The van der Waals surface area contributed by atoms with E-state index in [1.807, 2.05) is 36.4 Å². The van der Waals surface area contributed by atoms with Gasteiger partial charge in [-0.25, -0.2) is 4.79 Å². The molecular formula is C26H28N4O4. The van der Waals surface area contributed by atoms with Crippen LogP contribution in [0.15, 0.2) is 62.3 Å². The van der Waals surface area contributed by atoms with Gasteiger partial charge in [-0.05, 0) is 31.5 Å². The monoisotopic (exact) mass is 460 g/mol. The Morgan fingerprint density at radius 2 is 1.82 bits per heavy atom. The summed E-state index contributed by atoms with van der Waals surface area (Å²) in [5.41, 5.74) is 3.33. The highest BCUT2D eigenvalue weighted by atomic mass is 16.5. The van der Waals surface area contributed by atoms with Gasteiger partial charge in [0.1, 0.15) is 11.3 Å². The zero-order chi connectivity index (χ0) is 23.7. The van der Waals surface area contributed by atoms with Gasteiger partial charge < -0.3 is 13.7 Å². The third kappa shape index (κ3) is 4.60. The molecule has 1 fully saturated rings. The summed E-state index contributed by atoms with van der Waals surface area (Å²) in [5, 5.41) is 5.12. The Bertz CT molecular complexity index is 1340. The second-order valence-electron chi connectivity index (χ2n) is 8.76. The van der Waals surface area contributed by atoms with Crippen LogP contribution < -0.4 is 10.4 Å². The number of ether oxygens (including phenoxy) is 1. The maximum Gasteiger partial charge on any atom is 0.336 e. The molecule has 1 unspecified atom stereocenters. The van der Waals surface area contributed by atoms with Crippen LogP contribution in [0.1, 0.15) is 30.0 Å². The molecule has 1 atom stereocenters. The van der Waals surface area contributed by atoms with Gasteiger partial charge in [0.05, 0.1) is 13.2 Å². The molecule has 1 aliphatic rings. The van der Waals surface area contributed by atoms with Gasteiger partial charge >= 0.3 is 5.63 Å².